The summed E-state index contributed by atoms with van der Waals surface area (Å²) in [6.07, 6.45) is 6.10. The van der Waals surface area contributed by atoms with Gasteiger partial charge in [-0.15, -0.1) is 0 Å². The minimum Gasteiger partial charge on any atom is -0.330 e. The smallest absolute Gasteiger partial charge is 0.137 e. The van der Waals surface area contributed by atoms with E-state index in [0.717, 1.165) is 18.4 Å². The number of halogens is 1. The predicted molar refractivity (Wildman–Crippen MR) is 70.0 cm³/mol. The first-order chi connectivity index (χ1) is 8.13. The van der Waals surface area contributed by atoms with Crippen molar-refractivity contribution in [3.8, 4) is 0 Å². The fraction of sp³-hybridized carbons (Fsp3) is 0.538. The Morgan fingerprint density at radius 3 is 2.94 bits per heavy atom. The molecule has 0 saturated heterocycles. The monoisotopic (exact) mass is 254 g/mol. The first kappa shape index (κ1) is 14.1. The minimum atomic E-state index is 0.224. The van der Waals surface area contributed by atoms with Gasteiger partial charge in [-0.25, -0.2) is 0 Å². The molecule has 1 aromatic rings. The third-order valence-corrected chi connectivity index (χ3v) is 3.16. The van der Waals surface area contributed by atoms with Gasteiger partial charge in [0.1, 0.15) is 5.78 Å². The lowest BCUT2D eigenvalue weighted by Gasteiger charge is -2.09. The average Bonchev–Trinajstić information content (AvgIpc) is 2.30. The van der Waals surface area contributed by atoms with Crippen LogP contribution in [0.2, 0.25) is 5.02 Å². The maximum absolute atomic E-state index is 11.8. The molecule has 0 bridgehead atoms. The molecule has 0 saturated carbocycles. The highest BCUT2D eigenvalue weighted by Gasteiger charge is 2.09. The number of nitrogens with zero attached hydrogens (tertiary/aromatic N) is 1. The van der Waals surface area contributed by atoms with Crippen LogP contribution >= 0.6 is 11.6 Å². The van der Waals surface area contributed by atoms with Gasteiger partial charge in [-0.1, -0.05) is 18.5 Å². The average molecular weight is 255 g/mol. The van der Waals surface area contributed by atoms with Gasteiger partial charge in [-0.2, -0.15) is 0 Å². The van der Waals surface area contributed by atoms with Gasteiger partial charge in [0.2, 0.25) is 0 Å². The van der Waals surface area contributed by atoms with E-state index in [1.54, 1.807) is 18.5 Å². The normalized spacial score (nSPS) is 12.4. The summed E-state index contributed by atoms with van der Waals surface area (Å²) in [7, 11) is 0. The molecule has 4 heteroatoms. The molecule has 2 N–H and O–H groups in total. The van der Waals surface area contributed by atoms with Crippen molar-refractivity contribution in [1.82, 2.24) is 4.98 Å². The van der Waals surface area contributed by atoms with E-state index in [9.17, 15) is 4.79 Å². The Morgan fingerprint density at radius 1 is 1.53 bits per heavy atom. The molecule has 3 nitrogen and oxygen atoms in total. The molecule has 0 fully saturated rings. The number of rotatable bonds is 7. The van der Waals surface area contributed by atoms with Gasteiger partial charge in [-0.05, 0) is 36.9 Å². The van der Waals surface area contributed by atoms with Crippen LogP contribution in [0.5, 0.6) is 0 Å². The molecule has 0 aromatic carbocycles. The summed E-state index contributed by atoms with van der Waals surface area (Å²) in [6, 6.07) is 1.80. The van der Waals surface area contributed by atoms with Crippen molar-refractivity contribution in [2.24, 2.45) is 11.7 Å². The number of carbonyl (C=O) groups is 1. The lowest BCUT2D eigenvalue weighted by Crippen LogP contribution is -2.09. The maximum Gasteiger partial charge on any atom is 0.137 e. The van der Waals surface area contributed by atoms with E-state index >= 15 is 0 Å². The van der Waals surface area contributed by atoms with Gasteiger partial charge in [-0.3, -0.25) is 9.78 Å². The first-order valence-corrected chi connectivity index (χ1v) is 6.31. The van der Waals surface area contributed by atoms with Gasteiger partial charge in [0, 0.05) is 25.2 Å². The molecule has 1 rings (SSSR count). The fourth-order valence-electron chi connectivity index (χ4n) is 1.68. The molecular formula is C13H19ClN2O. The molecular weight excluding hydrogens is 236 g/mol. The lowest BCUT2D eigenvalue weighted by molar-refractivity contribution is -0.118. The quantitative estimate of drug-likeness (QED) is 0.814. The van der Waals surface area contributed by atoms with Gasteiger partial charge in [0.05, 0.1) is 5.02 Å². The molecule has 1 unspecified atom stereocenters. The van der Waals surface area contributed by atoms with Crippen LogP contribution < -0.4 is 5.73 Å². The first-order valence-electron chi connectivity index (χ1n) is 5.93. The number of hydrogen-bond donors (Lipinski definition) is 1. The van der Waals surface area contributed by atoms with Crippen LogP contribution in [0.4, 0.5) is 0 Å². The molecule has 17 heavy (non-hydrogen) atoms. The van der Waals surface area contributed by atoms with Crippen molar-refractivity contribution in [2.75, 3.05) is 6.54 Å². The fourth-order valence-corrected chi connectivity index (χ4v) is 1.87. The topological polar surface area (TPSA) is 56.0 Å². The van der Waals surface area contributed by atoms with Crippen LogP contribution in [-0.4, -0.2) is 17.3 Å². The highest BCUT2D eigenvalue weighted by Crippen LogP contribution is 2.16. The summed E-state index contributed by atoms with van der Waals surface area (Å²) in [5.74, 6) is 0.735. The summed E-state index contributed by atoms with van der Waals surface area (Å²) < 4.78 is 0. The molecule has 1 aromatic heterocycles. The Balaban J connectivity index is 2.37. The largest absolute Gasteiger partial charge is 0.330 e. The number of pyridine rings is 1. The molecule has 0 amide bonds. The SMILES string of the molecule is CC(CCN)CCC(=O)Cc1ccncc1Cl. The van der Waals surface area contributed by atoms with Crippen LogP contribution in [-0.2, 0) is 11.2 Å². The van der Waals surface area contributed by atoms with Crippen molar-refractivity contribution >= 4 is 17.4 Å². The summed E-state index contributed by atoms with van der Waals surface area (Å²) in [5, 5.41) is 0.566. The van der Waals surface area contributed by atoms with Crippen LogP contribution in [0.25, 0.3) is 0 Å². The number of Topliss-reactive ketones (excluding diaryl/α,β-unsaturated/α-hetero) is 1. The maximum atomic E-state index is 11.8. The Kier molecular flexibility index (Phi) is 6.16. The number of aromatic nitrogens is 1. The standard InChI is InChI=1S/C13H19ClN2O/c1-10(4-6-15)2-3-12(17)8-11-5-7-16-9-13(11)14/h5,7,9-10H,2-4,6,8,15H2,1H3. The van der Waals surface area contributed by atoms with Gasteiger partial charge >= 0.3 is 0 Å². The highest BCUT2D eigenvalue weighted by molar-refractivity contribution is 6.31. The third-order valence-electron chi connectivity index (χ3n) is 2.82. The Labute approximate surface area is 107 Å². The lowest BCUT2D eigenvalue weighted by atomic mass is 9.98. The Bertz CT molecular complexity index is 368. The van der Waals surface area contributed by atoms with E-state index in [2.05, 4.69) is 11.9 Å². The van der Waals surface area contributed by atoms with Gasteiger partial charge < -0.3 is 5.73 Å². The Hall–Kier alpha value is -0.930. The van der Waals surface area contributed by atoms with E-state index in [1.807, 2.05) is 0 Å². The molecule has 0 aliphatic carbocycles. The van der Waals surface area contributed by atoms with E-state index < -0.39 is 0 Å². The third kappa shape index (κ3) is 5.29. The minimum absolute atomic E-state index is 0.224. The molecule has 1 atom stereocenters. The summed E-state index contributed by atoms with van der Waals surface area (Å²) >= 11 is 5.95. The summed E-state index contributed by atoms with van der Waals surface area (Å²) in [6.45, 7) is 2.81. The van der Waals surface area contributed by atoms with Crippen molar-refractivity contribution in [1.29, 1.82) is 0 Å². The molecule has 94 valence electrons. The van der Waals surface area contributed by atoms with Crippen molar-refractivity contribution < 1.29 is 4.79 Å². The zero-order valence-corrected chi connectivity index (χ0v) is 10.9. The van der Waals surface area contributed by atoms with E-state index in [1.165, 1.54) is 0 Å². The van der Waals surface area contributed by atoms with Crippen molar-refractivity contribution in [2.45, 2.75) is 32.6 Å². The number of hydrogen-bond acceptors (Lipinski definition) is 3. The second-order valence-corrected chi connectivity index (χ2v) is 4.81. The molecule has 0 aliphatic heterocycles. The number of nitrogens with two attached hydrogens (primary N) is 1. The molecule has 1 heterocycles. The summed E-state index contributed by atoms with van der Waals surface area (Å²) in [5.41, 5.74) is 6.33. The van der Waals surface area contributed by atoms with E-state index in [0.29, 0.717) is 30.3 Å². The zero-order valence-electron chi connectivity index (χ0n) is 10.2. The Morgan fingerprint density at radius 2 is 2.29 bits per heavy atom. The second kappa shape index (κ2) is 7.41. The van der Waals surface area contributed by atoms with Crippen molar-refractivity contribution in [3.63, 3.8) is 0 Å². The van der Waals surface area contributed by atoms with E-state index in [4.69, 9.17) is 17.3 Å². The second-order valence-electron chi connectivity index (χ2n) is 4.40. The van der Waals surface area contributed by atoms with Crippen LogP contribution in [0.3, 0.4) is 0 Å². The molecule has 0 spiro atoms. The van der Waals surface area contributed by atoms with Crippen LogP contribution in [0.15, 0.2) is 18.5 Å². The van der Waals surface area contributed by atoms with Gasteiger partial charge in [0.25, 0.3) is 0 Å². The van der Waals surface area contributed by atoms with Crippen LogP contribution in [0, 0.1) is 5.92 Å². The summed E-state index contributed by atoms with van der Waals surface area (Å²) in [4.78, 5) is 15.7. The number of carbonyl (C=O) groups excluding carboxylic acids is 1. The number of ketones is 1. The van der Waals surface area contributed by atoms with Gasteiger partial charge in [0.15, 0.2) is 0 Å². The van der Waals surface area contributed by atoms with E-state index in [-0.39, 0.29) is 5.78 Å². The molecule has 0 radical (unpaired) electrons. The van der Waals surface area contributed by atoms with Crippen molar-refractivity contribution in [3.05, 3.63) is 29.0 Å². The predicted octanol–water partition coefficient (Wildman–Crippen LogP) is 2.61. The zero-order chi connectivity index (χ0) is 12.7. The highest BCUT2D eigenvalue weighted by atomic mass is 35.5. The molecule has 0 aliphatic rings. The van der Waals surface area contributed by atoms with Crippen LogP contribution in [0.1, 0.15) is 31.7 Å².